The van der Waals surface area contributed by atoms with Gasteiger partial charge < -0.3 is 24.4 Å². The molecule has 1 heterocycles. The van der Waals surface area contributed by atoms with Gasteiger partial charge in [-0.25, -0.2) is 4.79 Å². The van der Waals surface area contributed by atoms with E-state index in [9.17, 15) is 23.5 Å². The van der Waals surface area contributed by atoms with Crippen LogP contribution in [0.3, 0.4) is 0 Å². The molecule has 1 N–H and O–H groups in total. The predicted octanol–water partition coefficient (Wildman–Crippen LogP) is 2.20. The number of benzene rings is 1. The van der Waals surface area contributed by atoms with Gasteiger partial charge in [0.15, 0.2) is 11.5 Å². The van der Waals surface area contributed by atoms with E-state index in [1.165, 1.54) is 17.9 Å². The van der Waals surface area contributed by atoms with E-state index in [-0.39, 0.29) is 30.5 Å². The van der Waals surface area contributed by atoms with Crippen LogP contribution in [-0.4, -0.2) is 60.8 Å². The minimum atomic E-state index is -2.96. The van der Waals surface area contributed by atoms with Gasteiger partial charge in [-0.2, -0.15) is 8.78 Å². The molecule has 0 bridgehead atoms. The number of amides is 1. The molecule has 148 valence electrons. The van der Waals surface area contributed by atoms with Crippen molar-refractivity contribution in [2.75, 3.05) is 31.1 Å². The maximum absolute atomic E-state index is 12.6. The van der Waals surface area contributed by atoms with Crippen molar-refractivity contribution >= 4 is 17.6 Å². The van der Waals surface area contributed by atoms with Gasteiger partial charge in [-0.1, -0.05) is 0 Å². The van der Waals surface area contributed by atoms with Crippen molar-refractivity contribution in [2.24, 2.45) is 5.92 Å². The topological polar surface area (TPSA) is 79.3 Å². The van der Waals surface area contributed by atoms with Gasteiger partial charge in [0.2, 0.25) is 5.91 Å². The molecule has 1 atom stereocenters. The number of anilines is 1. The Hall–Kier alpha value is -2.58. The molecule has 9 heteroatoms. The lowest BCUT2D eigenvalue weighted by Crippen LogP contribution is -2.58. The largest absolute Gasteiger partial charge is 0.489 e. The first-order valence-electron chi connectivity index (χ1n) is 8.81. The van der Waals surface area contributed by atoms with Crippen LogP contribution in [0.15, 0.2) is 18.2 Å². The van der Waals surface area contributed by atoms with Gasteiger partial charge in [-0.15, -0.1) is 0 Å². The molecule has 2 aliphatic rings. The van der Waals surface area contributed by atoms with Gasteiger partial charge in [-0.3, -0.25) is 4.79 Å². The second kappa shape index (κ2) is 7.98. The highest BCUT2D eigenvalue weighted by Gasteiger charge is 2.34. The summed E-state index contributed by atoms with van der Waals surface area (Å²) < 4.78 is 35.5. The summed E-state index contributed by atoms with van der Waals surface area (Å²) >= 11 is 0. The normalized spacial score (nSPS) is 19.9. The van der Waals surface area contributed by atoms with Crippen LogP contribution in [-0.2, 0) is 9.59 Å². The van der Waals surface area contributed by atoms with Gasteiger partial charge in [0.05, 0.1) is 6.61 Å². The van der Waals surface area contributed by atoms with Gasteiger partial charge in [0.1, 0.15) is 6.04 Å². The van der Waals surface area contributed by atoms with Crippen molar-refractivity contribution in [1.29, 1.82) is 0 Å². The molecular formula is C18H22F2N2O5. The number of aliphatic carboxylic acids is 1. The molecule has 1 amide bonds. The van der Waals surface area contributed by atoms with E-state index < -0.39 is 18.6 Å². The van der Waals surface area contributed by atoms with Crippen LogP contribution in [0.2, 0.25) is 0 Å². The highest BCUT2D eigenvalue weighted by molar-refractivity contribution is 5.83. The fourth-order valence-electron chi connectivity index (χ4n) is 3.10. The zero-order valence-electron chi connectivity index (χ0n) is 14.9. The summed E-state index contributed by atoms with van der Waals surface area (Å²) in [6, 6.07) is 3.60. The first-order chi connectivity index (χ1) is 12.8. The van der Waals surface area contributed by atoms with E-state index in [1.54, 1.807) is 17.0 Å². The number of piperazine rings is 1. The molecule has 2 fully saturated rings. The Bertz CT molecular complexity index is 711. The number of carboxylic acid groups (broad SMARTS) is 1. The average Bonchev–Trinajstić information content (AvgIpc) is 3.44. The Morgan fingerprint density at radius 1 is 1.26 bits per heavy atom. The number of rotatable bonds is 7. The summed E-state index contributed by atoms with van der Waals surface area (Å²) in [5, 5.41) is 9.42. The standard InChI is InChI=1S/C18H22F2N2O5/c1-11(23)22-7-6-21(9-14(22)17(24)25)13-4-5-15(27-18(19)20)16(8-13)26-10-12-2-3-12/h4-5,8,12,14,18H,2-3,6-7,9-10H2,1H3,(H,24,25). The van der Waals surface area contributed by atoms with Crippen LogP contribution in [0.4, 0.5) is 14.5 Å². The second-order valence-electron chi connectivity index (χ2n) is 6.78. The molecule has 1 aromatic carbocycles. The Labute approximate surface area is 155 Å². The van der Waals surface area contributed by atoms with Crippen LogP contribution in [0.5, 0.6) is 11.5 Å². The Balaban J connectivity index is 1.79. The molecule has 1 aromatic rings. The Morgan fingerprint density at radius 3 is 2.59 bits per heavy atom. The number of nitrogens with zero attached hydrogens (tertiary/aromatic N) is 2. The molecule has 1 unspecified atom stereocenters. The monoisotopic (exact) mass is 384 g/mol. The lowest BCUT2D eigenvalue weighted by Gasteiger charge is -2.40. The zero-order valence-corrected chi connectivity index (χ0v) is 14.9. The number of ether oxygens (including phenoxy) is 2. The average molecular weight is 384 g/mol. The van der Waals surface area contributed by atoms with Gasteiger partial charge >= 0.3 is 12.6 Å². The van der Waals surface area contributed by atoms with Crippen molar-refractivity contribution in [3.63, 3.8) is 0 Å². The molecule has 27 heavy (non-hydrogen) atoms. The first kappa shape index (κ1) is 19.2. The number of alkyl halides is 2. The summed E-state index contributed by atoms with van der Waals surface area (Å²) in [7, 11) is 0. The quantitative estimate of drug-likeness (QED) is 0.777. The van der Waals surface area contributed by atoms with E-state index in [1.807, 2.05) is 0 Å². The number of carbonyl (C=O) groups excluding carboxylic acids is 1. The molecule has 1 saturated carbocycles. The SMILES string of the molecule is CC(=O)N1CCN(c2ccc(OC(F)F)c(OCC3CC3)c2)CC1C(=O)O. The minimum absolute atomic E-state index is 0.0495. The van der Waals surface area contributed by atoms with Crippen LogP contribution < -0.4 is 14.4 Å². The molecule has 0 spiro atoms. The third kappa shape index (κ3) is 4.78. The van der Waals surface area contributed by atoms with Gasteiger partial charge in [0.25, 0.3) is 0 Å². The van der Waals surface area contributed by atoms with E-state index in [2.05, 4.69) is 4.74 Å². The number of carboxylic acids is 1. The maximum Gasteiger partial charge on any atom is 0.387 e. The third-order valence-corrected chi connectivity index (χ3v) is 4.75. The lowest BCUT2D eigenvalue weighted by atomic mass is 10.1. The highest BCUT2D eigenvalue weighted by Crippen LogP contribution is 2.36. The van der Waals surface area contributed by atoms with Crippen molar-refractivity contribution in [2.45, 2.75) is 32.4 Å². The number of halogens is 2. The second-order valence-corrected chi connectivity index (χ2v) is 6.78. The van der Waals surface area contributed by atoms with E-state index in [0.717, 1.165) is 12.8 Å². The number of hydrogen-bond donors (Lipinski definition) is 1. The number of hydrogen-bond acceptors (Lipinski definition) is 5. The Morgan fingerprint density at radius 2 is 2.00 bits per heavy atom. The van der Waals surface area contributed by atoms with Crippen LogP contribution >= 0.6 is 0 Å². The molecule has 0 aromatic heterocycles. The van der Waals surface area contributed by atoms with Gasteiger partial charge in [0, 0.05) is 38.3 Å². The Kier molecular flexibility index (Phi) is 5.67. The van der Waals surface area contributed by atoms with Crippen LogP contribution in [0, 0.1) is 5.92 Å². The lowest BCUT2D eigenvalue weighted by molar-refractivity contribution is -0.149. The molecule has 1 aliphatic carbocycles. The van der Waals surface area contributed by atoms with Crippen molar-refractivity contribution in [3.8, 4) is 11.5 Å². The maximum atomic E-state index is 12.6. The summed E-state index contributed by atoms with van der Waals surface area (Å²) in [4.78, 5) is 26.3. The smallest absolute Gasteiger partial charge is 0.387 e. The van der Waals surface area contributed by atoms with Crippen molar-refractivity contribution < 1.29 is 33.0 Å². The fourth-order valence-corrected chi connectivity index (χ4v) is 3.10. The molecule has 7 nitrogen and oxygen atoms in total. The van der Waals surface area contributed by atoms with Gasteiger partial charge in [-0.05, 0) is 30.9 Å². The van der Waals surface area contributed by atoms with E-state index in [0.29, 0.717) is 24.8 Å². The fraction of sp³-hybridized carbons (Fsp3) is 0.556. The van der Waals surface area contributed by atoms with Crippen molar-refractivity contribution in [1.82, 2.24) is 4.90 Å². The zero-order chi connectivity index (χ0) is 19.6. The van der Waals surface area contributed by atoms with E-state index in [4.69, 9.17) is 4.74 Å². The molecule has 0 radical (unpaired) electrons. The summed E-state index contributed by atoms with van der Waals surface area (Å²) in [6.45, 7) is -0.397. The third-order valence-electron chi connectivity index (χ3n) is 4.75. The molecule has 3 rings (SSSR count). The highest BCUT2D eigenvalue weighted by atomic mass is 19.3. The minimum Gasteiger partial charge on any atom is -0.489 e. The molecule has 1 aliphatic heterocycles. The van der Waals surface area contributed by atoms with E-state index >= 15 is 0 Å². The molecular weight excluding hydrogens is 362 g/mol. The predicted molar refractivity (Wildman–Crippen MR) is 92.3 cm³/mol. The summed E-state index contributed by atoms with van der Waals surface area (Å²) in [6.07, 6.45) is 2.11. The van der Waals surface area contributed by atoms with Crippen molar-refractivity contribution in [3.05, 3.63) is 18.2 Å². The summed E-state index contributed by atoms with van der Waals surface area (Å²) in [5.41, 5.74) is 0.636. The first-order valence-corrected chi connectivity index (χ1v) is 8.81. The summed E-state index contributed by atoms with van der Waals surface area (Å²) in [5.74, 6) is -0.787. The molecule has 1 saturated heterocycles. The van der Waals surface area contributed by atoms with Crippen LogP contribution in [0.25, 0.3) is 0 Å². The number of carbonyl (C=O) groups is 2. The van der Waals surface area contributed by atoms with Crippen LogP contribution in [0.1, 0.15) is 19.8 Å².